The highest BCUT2D eigenvalue weighted by Crippen LogP contribution is 2.51. The lowest BCUT2D eigenvalue weighted by Gasteiger charge is -2.32. The smallest absolute Gasteiger partial charge is 0.116 e. The third-order valence-electron chi connectivity index (χ3n) is 6.70. The summed E-state index contributed by atoms with van der Waals surface area (Å²) in [6.07, 6.45) is 3.57. The van der Waals surface area contributed by atoms with E-state index in [0.29, 0.717) is 0 Å². The Morgan fingerprint density at radius 1 is 0.543 bits per heavy atom. The molecule has 6 aromatic rings. The van der Waals surface area contributed by atoms with Crippen molar-refractivity contribution in [3.63, 3.8) is 0 Å². The van der Waals surface area contributed by atoms with Crippen molar-refractivity contribution < 1.29 is 0 Å². The Labute approximate surface area is 204 Å². The van der Waals surface area contributed by atoms with Gasteiger partial charge in [-0.05, 0) is 58.0 Å². The highest BCUT2D eigenvalue weighted by molar-refractivity contribution is 6.14. The maximum absolute atomic E-state index is 4.78. The Morgan fingerprint density at radius 3 is 2.06 bits per heavy atom. The lowest BCUT2D eigenvalue weighted by atomic mass is 9.90. The molecule has 0 amide bonds. The van der Waals surface area contributed by atoms with Gasteiger partial charge in [0.2, 0.25) is 0 Å². The lowest BCUT2D eigenvalue weighted by molar-refractivity contribution is 1.13. The molecule has 1 aliphatic heterocycles. The average Bonchev–Trinajstić information content (AvgIpc) is 2.94. The molecule has 0 bridgehead atoms. The summed E-state index contributed by atoms with van der Waals surface area (Å²) in [6, 6.07) is 40.8. The molecule has 0 saturated carbocycles. The normalized spacial score (nSPS) is 11.9. The van der Waals surface area contributed by atoms with E-state index in [4.69, 9.17) is 4.98 Å². The second kappa shape index (κ2) is 7.93. The summed E-state index contributed by atoms with van der Waals surface area (Å²) in [5.74, 6) is 0. The maximum atomic E-state index is 4.78. The molecular weight excluding hydrogens is 426 g/mol. The van der Waals surface area contributed by atoms with Crippen LogP contribution in [0.2, 0.25) is 0 Å². The molecule has 164 valence electrons. The van der Waals surface area contributed by atoms with Crippen molar-refractivity contribution in [1.82, 2.24) is 9.97 Å². The van der Waals surface area contributed by atoms with E-state index in [0.717, 1.165) is 28.3 Å². The Hall–Kier alpha value is -4.76. The number of benzene rings is 5. The fourth-order valence-corrected chi connectivity index (χ4v) is 5.14. The largest absolute Gasteiger partial charge is 0.306 e. The molecule has 0 unspecified atom stereocenters. The SMILES string of the molecule is c1ccc(-c2cccc(N3c4cncnc4-c4cc(-c5ccccc5)cc5cccc3c45)c2)cc1. The van der Waals surface area contributed by atoms with Crippen LogP contribution >= 0.6 is 0 Å². The molecule has 0 N–H and O–H groups in total. The Balaban J connectivity index is 1.49. The van der Waals surface area contributed by atoms with Gasteiger partial charge < -0.3 is 4.90 Å². The van der Waals surface area contributed by atoms with Crippen molar-refractivity contribution >= 4 is 27.8 Å². The first-order chi connectivity index (χ1) is 17.4. The topological polar surface area (TPSA) is 29.0 Å². The van der Waals surface area contributed by atoms with Crippen LogP contribution in [0, 0.1) is 0 Å². The average molecular weight is 448 g/mol. The molecule has 3 nitrogen and oxygen atoms in total. The minimum absolute atomic E-state index is 0.951. The van der Waals surface area contributed by atoms with Crippen LogP contribution in [0.5, 0.6) is 0 Å². The van der Waals surface area contributed by atoms with Gasteiger partial charge in [-0.1, -0.05) is 84.9 Å². The standard InChI is InChI=1S/C32H21N3/c1-3-9-22(10-4-1)24-13-7-15-27(18-24)35-29-16-8-14-25-17-26(23-11-5-2-6-12-23)19-28(31(25)29)32-30(35)20-33-21-34-32/h1-21H. The predicted molar refractivity (Wildman–Crippen MR) is 144 cm³/mol. The van der Waals surface area contributed by atoms with Gasteiger partial charge in [0.1, 0.15) is 6.33 Å². The fraction of sp³-hybridized carbons (Fsp3) is 0. The van der Waals surface area contributed by atoms with E-state index >= 15 is 0 Å². The van der Waals surface area contributed by atoms with E-state index in [2.05, 4.69) is 119 Å². The van der Waals surface area contributed by atoms with Gasteiger partial charge in [0.15, 0.2) is 0 Å². The highest BCUT2D eigenvalue weighted by atomic mass is 15.2. The molecule has 3 heteroatoms. The number of anilines is 3. The molecule has 7 rings (SSSR count). The minimum atomic E-state index is 0.951. The summed E-state index contributed by atoms with van der Waals surface area (Å²) >= 11 is 0. The molecule has 1 aliphatic rings. The van der Waals surface area contributed by atoms with Crippen molar-refractivity contribution in [2.45, 2.75) is 0 Å². The number of aromatic nitrogens is 2. The Morgan fingerprint density at radius 2 is 1.26 bits per heavy atom. The van der Waals surface area contributed by atoms with Gasteiger partial charge in [-0.25, -0.2) is 9.97 Å². The second-order valence-corrected chi connectivity index (χ2v) is 8.77. The van der Waals surface area contributed by atoms with Gasteiger partial charge in [-0.15, -0.1) is 0 Å². The summed E-state index contributed by atoms with van der Waals surface area (Å²) in [6.45, 7) is 0. The van der Waals surface area contributed by atoms with E-state index < -0.39 is 0 Å². The molecule has 0 spiro atoms. The van der Waals surface area contributed by atoms with Crippen LogP contribution in [-0.4, -0.2) is 9.97 Å². The zero-order chi connectivity index (χ0) is 23.2. The van der Waals surface area contributed by atoms with Crippen molar-refractivity contribution in [3.05, 3.63) is 128 Å². The van der Waals surface area contributed by atoms with Gasteiger partial charge in [0.25, 0.3) is 0 Å². The summed E-state index contributed by atoms with van der Waals surface area (Å²) in [4.78, 5) is 11.5. The van der Waals surface area contributed by atoms with Gasteiger partial charge >= 0.3 is 0 Å². The number of hydrogen-bond donors (Lipinski definition) is 0. The second-order valence-electron chi connectivity index (χ2n) is 8.77. The van der Waals surface area contributed by atoms with E-state index in [9.17, 15) is 0 Å². The molecule has 35 heavy (non-hydrogen) atoms. The number of fused-ring (bicyclic) bond motifs is 2. The van der Waals surface area contributed by atoms with E-state index in [1.807, 2.05) is 12.3 Å². The first-order valence-corrected chi connectivity index (χ1v) is 11.7. The Bertz CT molecular complexity index is 1690. The lowest BCUT2D eigenvalue weighted by Crippen LogP contribution is -2.16. The predicted octanol–water partition coefficient (Wildman–Crippen LogP) is 8.41. The fourth-order valence-electron chi connectivity index (χ4n) is 5.14. The van der Waals surface area contributed by atoms with Crippen LogP contribution in [0.1, 0.15) is 0 Å². The first-order valence-electron chi connectivity index (χ1n) is 11.7. The van der Waals surface area contributed by atoms with Crippen molar-refractivity contribution in [2.75, 3.05) is 4.90 Å². The molecule has 0 fully saturated rings. The number of nitrogens with zero attached hydrogens (tertiary/aromatic N) is 3. The molecule has 1 aromatic heterocycles. The van der Waals surface area contributed by atoms with E-state index in [1.54, 1.807) is 6.33 Å². The number of rotatable bonds is 3. The van der Waals surface area contributed by atoms with Crippen molar-refractivity contribution in [2.24, 2.45) is 0 Å². The molecule has 2 heterocycles. The summed E-state index contributed by atoms with van der Waals surface area (Å²) in [7, 11) is 0. The summed E-state index contributed by atoms with van der Waals surface area (Å²) in [5, 5.41) is 2.41. The summed E-state index contributed by atoms with van der Waals surface area (Å²) in [5.41, 5.74) is 10.1. The zero-order valence-corrected chi connectivity index (χ0v) is 19.0. The molecule has 0 atom stereocenters. The van der Waals surface area contributed by atoms with Gasteiger partial charge in [0.05, 0.1) is 23.3 Å². The molecule has 0 saturated heterocycles. The monoisotopic (exact) mass is 447 g/mol. The molecule has 0 radical (unpaired) electrons. The van der Waals surface area contributed by atoms with Crippen LogP contribution < -0.4 is 4.90 Å². The highest BCUT2D eigenvalue weighted by Gasteiger charge is 2.27. The van der Waals surface area contributed by atoms with Gasteiger partial charge in [-0.3, -0.25) is 0 Å². The van der Waals surface area contributed by atoms with E-state index in [-0.39, 0.29) is 0 Å². The third kappa shape index (κ3) is 3.21. The van der Waals surface area contributed by atoms with Crippen LogP contribution in [-0.2, 0) is 0 Å². The quantitative estimate of drug-likeness (QED) is 0.272. The molecule has 5 aromatic carbocycles. The van der Waals surface area contributed by atoms with Gasteiger partial charge in [-0.2, -0.15) is 0 Å². The van der Waals surface area contributed by atoms with Crippen molar-refractivity contribution in [3.8, 4) is 33.5 Å². The zero-order valence-electron chi connectivity index (χ0n) is 19.0. The number of hydrogen-bond acceptors (Lipinski definition) is 3. The van der Waals surface area contributed by atoms with Crippen LogP contribution in [0.4, 0.5) is 17.1 Å². The van der Waals surface area contributed by atoms with Crippen LogP contribution in [0.15, 0.2) is 128 Å². The maximum Gasteiger partial charge on any atom is 0.116 e. The first kappa shape index (κ1) is 19.7. The minimum Gasteiger partial charge on any atom is -0.306 e. The summed E-state index contributed by atoms with van der Waals surface area (Å²) < 4.78 is 0. The van der Waals surface area contributed by atoms with E-state index in [1.165, 1.54) is 33.0 Å². The van der Waals surface area contributed by atoms with Crippen LogP contribution in [0.3, 0.4) is 0 Å². The van der Waals surface area contributed by atoms with Crippen molar-refractivity contribution in [1.29, 1.82) is 0 Å². The van der Waals surface area contributed by atoms with Gasteiger partial charge in [0, 0.05) is 16.6 Å². The Kier molecular flexibility index (Phi) is 4.46. The molecular formula is C32H21N3. The van der Waals surface area contributed by atoms with Crippen LogP contribution in [0.25, 0.3) is 44.3 Å². The molecule has 0 aliphatic carbocycles. The third-order valence-corrected chi connectivity index (χ3v) is 6.70.